The number of nitrogens with one attached hydrogen (secondary N) is 1. The molecule has 0 aromatic heterocycles. The number of amides is 3. The van der Waals surface area contributed by atoms with Crippen LogP contribution in [0.1, 0.15) is 52.0 Å². The molecule has 196 valence electrons. The molecule has 3 amide bonds. The van der Waals surface area contributed by atoms with E-state index < -0.39 is 11.8 Å². The molecule has 2 atom stereocenters. The summed E-state index contributed by atoms with van der Waals surface area (Å²) in [5.41, 5.74) is 0.939. The number of benzene rings is 2. The summed E-state index contributed by atoms with van der Waals surface area (Å²) >= 11 is 6.08. The highest BCUT2D eigenvalue weighted by molar-refractivity contribution is 6.30. The molecule has 3 aliphatic heterocycles. The monoisotopic (exact) mass is 525 g/mol. The van der Waals surface area contributed by atoms with E-state index in [2.05, 4.69) is 5.32 Å². The molecule has 0 aliphatic carbocycles. The smallest absolute Gasteiger partial charge is 0.257 e. The Labute approximate surface area is 221 Å². The maximum Gasteiger partial charge on any atom is 0.257 e. The lowest BCUT2D eigenvalue weighted by Gasteiger charge is -2.44. The molecule has 2 aromatic carbocycles. The fraction of sp³-hybridized carbons (Fsp3) is 0.464. The number of piperidine rings is 1. The highest BCUT2D eigenvalue weighted by Gasteiger charge is 2.54. The first-order valence-corrected chi connectivity index (χ1v) is 13.2. The summed E-state index contributed by atoms with van der Waals surface area (Å²) in [5.74, 6) is -0.591. The minimum absolute atomic E-state index is 0.00138. The van der Waals surface area contributed by atoms with Gasteiger partial charge in [-0.2, -0.15) is 0 Å². The Kier molecular flexibility index (Phi) is 7.51. The fourth-order valence-corrected chi connectivity index (χ4v) is 5.70. The van der Waals surface area contributed by atoms with Crippen molar-refractivity contribution >= 4 is 29.3 Å². The van der Waals surface area contributed by atoms with Gasteiger partial charge in [-0.05, 0) is 49.6 Å². The van der Waals surface area contributed by atoms with E-state index in [1.54, 1.807) is 40.1 Å². The van der Waals surface area contributed by atoms with Gasteiger partial charge in [0, 0.05) is 55.2 Å². The lowest BCUT2D eigenvalue weighted by molar-refractivity contribution is -0.128. The number of ether oxygens (including phenoxy) is 2. The van der Waals surface area contributed by atoms with Crippen LogP contribution in [0.3, 0.4) is 0 Å². The highest BCUT2D eigenvalue weighted by atomic mass is 35.5. The predicted octanol–water partition coefficient (Wildman–Crippen LogP) is 3.42. The van der Waals surface area contributed by atoms with Crippen molar-refractivity contribution in [1.29, 1.82) is 0 Å². The summed E-state index contributed by atoms with van der Waals surface area (Å²) in [6, 6.07) is 13.5. The average molecular weight is 526 g/mol. The van der Waals surface area contributed by atoms with Gasteiger partial charge < -0.3 is 19.7 Å². The summed E-state index contributed by atoms with van der Waals surface area (Å²) in [6.45, 7) is 3.91. The largest absolute Gasteiger partial charge is 0.376 e. The predicted molar refractivity (Wildman–Crippen MR) is 138 cm³/mol. The Bertz CT molecular complexity index is 1170. The second-order valence-corrected chi connectivity index (χ2v) is 10.4. The summed E-state index contributed by atoms with van der Waals surface area (Å²) in [6.07, 6.45) is 2.71. The van der Waals surface area contributed by atoms with Crippen molar-refractivity contribution in [3.8, 4) is 0 Å². The number of halogens is 1. The van der Waals surface area contributed by atoms with Gasteiger partial charge in [0.05, 0.1) is 12.7 Å². The maximum absolute atomic E-state index is 13.9. The van der Waals surface area contributed by atoms with E-state index in [0.717, 1.165) is 18.4 Å². The van der Waals surface area contributed by atoms with Gasteiger partial charge in [-0.1, -0.05) is 35.9 Å². The van der Waals surface area contributed by atoms with E-state index in [-0.39, 0.29) is 30.4 Å². The first kappa shape index (κ1) is 25.7. The zero-order valence-corrected chi connectivity index (χ0v) is 21.7. The number of nitrogens with zero attached hydrogens (tertiary/aromatic N) is 2. The molecule has 3 heterocycles. The van der Waals surface area contributed by atoms with Crippen LogP contribution in [0, 0.1) is 6.92 Å². The average Bonchev–Trinajstić information content (AvgIpc) is 3.56. The lowest BCUT2D eigenvalue weighted by atomic mass is 9.95. The first-order valence-electron chi connectivity index (χ1n) is 12.9. The molecule has 1 N–H and O–H groups in total. The Morgan fingerprint density at radius 3 is 2.57 bits per heavy atom. The van der Waals surface area contributed by atoms with E-state index in [1.807, 2.05) is 25.1 Å². The Morgan fingerprint density at radius 1 is 1.08 bits per heavy atom. The SMILES string of the molecule is Cc1ccccc1C(=O)N1[C@@H](C(=O)NC[C@@H]2CCCO2)COC12CCN(C(=O)c1cccc(Cl)c1)CC2. The zero-order valence-electron chi connectivity index (χ0n) is 21.0. The number of carbonyl (C=O) groups is 3. The van der Waals surface area contributed by atoms with Crippen molar-refractivity contribution in [1.82, 2.24) is 15.1 Å². The Hall–Kier alpha value is -2.94. The summed E-state index contributed by atoms with van der Waals surface area (Å²) < 4.78 is 11.9. The minimum Gasteiger partial charge on any atom is -0.376 e. The number of aryl methyl sites for hydroxylation is 1. The molecule has 0 saturated carbocycles. The summed E-state index contributed by atoms with van der Waals surface area (Å²) in [7, 11) is 0. The molecule has 2 aromatic rings. The summed E-state index contributed by atoms with van der Waals surface area (Å²) in [4.78, 5) is 43.7. The third kappa shape index (κ3) is 5.23. The quantitative estimate of drug-likeness (QED) is 0.646. The Morgan fingerprint density at radius 2 is 1.86 bits per heavy atom. The van der Waals surface area contributed by atoms with E-state index in [4.69, 9.17) is 21.1 Å². The minimum atomic E-state index is -0.962. The molecule has 0 unspecified atom stereocenters. The number of hydrogen-bond acceptors (Lipinski definition) is 5. The molecular formula is C28H32ClN3O5. The molecule has 1 spiro atoms. The van der Waals surface area contributed by atoms with E-state index >= 15 is 0 Å². The lowest BCUT2D eigenvalue weighted by Crippen LogP contribution is -2.60. The molecule has 0 bridgehead atoms. The van der Waals surface area contributed by atoms with Crippen LogP contribution in [-0.4, -0.2) is 78.2 Å². The van der Waals surface area contributed by atoms with Gasteiger partial charge in [0.15, 0.2) is 0 Å². The summed E-state index contributed by atoms with van der Waals surface area (Å²) in [5, 5.41) is 3.48. The van der Waals surface area contributed by atoms with Crippen LogP contribution in [0.15, 0.2) is 48.5 Å². The standard InChI is InChI=1S/C28H32ClN3O5/c1-19-6-2-3-10-23(19)27(35)32-24(25(33)30-17-22-9-5-15-36-22)18-37-28(32)11-13-31(14-12-28)26(34)20-7-4-8-21(29)16-20/h2-4,6-8,10,16,22,24H,5,9,11-15,17-18H2,1H3,(H,30,33)/t22-,24+/m0/s1. The van der Waals surface area contributed by atoms with Crippen LogP contribution in [0.25, 0.3) is 0 Å². The number of hydrogen-bond donors (Lipinski definition) is 1. The van der Waals surface area contributed by atoms with Gasteiger partial charge >= 0.3 is 0 Å². The van der Waals surface area contributed by atoms with Gasteiger partial charge in [-0.15, -0.1) is 0 Å². The molecule has 37 heavy (non-hydrogen) atoms. The highest BCUT2D eigenvalue weighted by Crippen LogP contribution is 2.39. The van der Waals surface area contributed by atoms with Gasteiger partial charge in [0.1, 0.15) is 11.8 Å². The second-order valence-electron chi connectivity index (χ2n) is 9.95. The van der Waals surface area contributed by atoms with Crippen molar-refractivity contribution in [2.45, 2.75) is 50.5 Å². The molecular weight excluding hydrogens is 494 g/mol. The van der Waals surface area contributed by atoms with Crippen molar-refractivity contribution in [3.63, 3.8) is 0 Å². The Balaban J connectivity index is 1.36. The van der Waals surface area contributed by atoms with Gasteiger partial charge in [-0.3, -0.25) is 19.3 Å². The van der Waals surface area contributed by atoms with Crippen molar-refractivity contribution in [2.24, 2.45) is 0 Å². The van der Waals surface area contributed by atoms with E-state index in [1.165, 1.54) is 0 Å². The molecule has 8 nitrogen and oxygen atoms in total. The number of carbonyl (C=O) groups excluding carboxylic acids is 3. The van der Waals surface area contributed by atoms with Gasteiger partial charge in [0.25, 0.3) is 11.8 Å². The molecule has 3 saturated heterocycles. The van der Waals surface area contributed by atoms with Gasteiger partial charge in [0.2, 0.25) is 5.91 Å². The first-order chi connectivity index (χ1) is 17.9. The van der Waals surface area contributed by atoms with E-state index in [9.17, 15) is 14.4 Å². The molecule has 9 heteroatoms. The van der Waals surface area contributed by atoms with E-state index in [0.29, 0.717) is 55.2 Å². The van der Waals surface area contributed by atoms with Crippen LogP contribution in [0.4, 0.5) is 0 Å². The van der Waals surface area contributed by atoms with Crippen LogP contribution in [0.5, 0.6) is 0 Å². The molecule has 0 radical (unpaired) electrons. The molecule has 5 rings (SSSR count). The van der Waals surface area contributed by atoms with Crippen molar-refractivity contribution < 1.29 is 23.9 Å². The topological polar surface area (TPSA) is 88.2 Å². The maximum atomic E-state index is 13.9. The van der Waals surface area contributed by atoms with Crippen LogP contribution in [-0.2, 0) is 14.3 Å². The zero-order chi connectivity index (χ0) is 26.0. The van der Waals surface area contributed by atoms with Crippen molar-refractivity contribution in [2.75, 3.05) is 32.8 Å². The van der Waals surface area contributed by atoms with Crippen molar-refractivity contribution in [3.05, 3.63) is 70.2 Å². The number of rotatable bonds is 5. The third-order valence-electron chi connectivity index (χ3n) is 7.59. The third-order valence-corrected chi connectivity index (χ3v) is 7.82. The number of likely N-dealkylation sites (tertiary alicyclic amines) is 1. The van der Waals surface area contributed by atoms with Gasteiger partial charge in [-0.25, -0.2) is 0 Å². The van der Waals surface area contributed by atoms with Crippen LogP contribution in [0.2, 0.25) is 5.02 Å². The normalized spacial score (nSPS) is 22.9. The second kappa shape index (κ2) is 10.8. The van der Waals surface area contributed by atoms with Crippen LogP contribution < -0.4 is 5.32 Å². The fourth-order valence-electron chi connectivity index (χ4n) is 5.51. The molecule has 3 aliphatic rings. The molecule has 3 fully saturated rings. The van der Waals surface area contributed by atoms with Crippen LogP contribution >= 0.6 is 11.6 Å².